The number of nitrogens with one attached hydrogen (secondary N) is 2. The molecule has 0 spiro atoms. The van der Waals surface area contributed by atoms with Gasteiger partial charge in [-0.05, 0) is 54.0 Å². The first-order chi connectivity index (χ1) is 17.5. The van der Waals surface area contributed by atoms with Crippen LogP contribution in [0.5, 0.6) is 11.5 Å². The second-order valence-electron chi connectivity index (χ2n) is 7.74. The molecule has 0 radical (unpaired) electrons. The summed E-state index contributed by atoms with van der Waals surface area (Å²) >= 11 is 3.41. The second kappa shape index (κ2) is 11.7. The van der Waals surface area contributed by atoms with E-state index in [1.54, 1.807) is 35.0 Å². The molecule has 1 heterocycles. The summed E-state index contributed by atoms with van der Waals surface area (Å²) in [5.74, 6) is 0.313. The van der Waals surface area contributed by atoms with E-state index in [0.717, 1.165) is 11.0 Å². The van der Waals surface area contributed by atoms with Crippen LogP contribution in [0.15, 0.2) is 65.1 Å². The first-order valence-electron chi connectivity index (χ1n) is 11.6. The van der Waals surface area contributed by atoms with Crippen molar-refractivity contribution < 1.29 is 19.1 Å². The van der Waals surface area contributed by atoms with Gasteiger partial charge in [0, 0.05) is 23.0 Å². The van der Waals surface area contributed by atoms with Gasteiger partial charge in [0.05, 0.1) is 42.2 Å². The van der Waals surface area contributed by atoms with E-state index in [0.29, 0.717) is 52.7 Å². The third kappa shape index (κ3) is 5.83. The highest BCUT2D eigenvalue weighted by Gasteiger charge is 2.18. The Morgan fingerprint density at radius 3 is 2.25 bits per heavy atom. The fourth-order valence-corrected chi connectivity index (χ4v) is 4.11. The van der Waals surface area contributed by atoms with E-state index in [9.17, 15) is 9.59 Å². The van der Waals surface area contributed by atoms with Gasteiger partial charge in [0.15, 0.2) is 0 Å². The van der Waals surface area contributed by atoms with E-state index in [1.807, 2.05) is 44.2 Å². The molecule has 36 heavy (non-hydrogen) atoms. The lowest BCUT2D eigenvalue weighted by molar-refractivity contribution is -0.116. The number of hydrogen-bond acceptors (Lipinski definition) is 6. The molecule has 0 unspecified atom stereocenters. The van der Waals surface area contributed by atoms with Crippen LogP contribution in [0.25, 0.3) is 11.0 Å². The summed E-state index contributed by atoms with van der Waals surface area (Å²) < 4.78 is 13.9. The highest BCUT2D eigenvalue weighted by Crippen LogP contribution is 2.37. The van der Waals surface area contributed by atoms with Crippen LogP contribution in [0, 0.1) is 0 Å². The summed E-state index contributed by atoms with van der Waals surface area (Å²) in [6, 6.07) is 18.0. The maximum absolute atomic E-state index is 12.9. The van der Waals surface area contributed by atoms with Crippen molar-refractivity contribution in [3.63, 3.8) is 0 Å². The first-order valence-corrected chi connectivity index (χ1v) is 12.4. The molecule has 186 valence electrons. The first kappa shape index (κ1) is 25.2. The summed E-state index contributed by atoms with van der Waals surface area (Å²) in [6.45, 7) is 4.81. The van der Waals surface area contributed by atoms with Crippen molar-refractivity contribution in [2.75, 3.05) is 23.8 Å². The summed E-state index contributed by atoms with van der Waals surface area (Å²) in [6.07, 6.45) is 0.184. The lowest BCUT2D eigenvalue weighted by Crippen LogP contribution is -2.17. The topological polar surface area (TPSA) is 107 Å². The van der Waals surface area contributed by atoms with Crippen LogP contribution in [-0.4, -0.2) is 40.0 Å². The van der Waals surface area contributed by atoms with Crippen molar-refractivity contribution in [1.82, 2.24) is 15.0 Å². The zero-order valence-electron chi connectivity index (χ0n) is 20.0. The van der Waals surface area contributed by atoms with E-state index in [1.165, 1.54) is 0 Å². The monoisotopic (exact) mass is 551 g/mol. The number of aryl methyl sites for hydroxylation is 1. The minimum atomic E-state index is -0.303. The molecule has 0 aliphatic heterocycles. The molecule has 0 aliphatic rings. The summed E-state index contributed by atoms with van der Waals surface area (Å²) in [5, 5.41) is 14.0. The van der Waals surface area contributed by atoms with Crippen LogP contribution in [-0.2, 0) is 11.3 Å². The number of ether oxygens (including phenoxy) is 2. The predicted octanol–water partition coefficient (Wildman–Crippen LogP) is 5.27. The molecule has 0 bridgehead atoms. The Bertz CT molecular complexity index is 1390. The molecule has 1 aromatic heterocycles. The van der Waals surface area contributed by atoms with Crippen molar-refractivity contribution >= 4 is 50.2 Å². The molecule has 0 atom stereocenters. The molecule has 3 aromatic carbocycles. The van der Waals surface area contributed by atoms with Gasteiger partial charge in [0.25, 0.3) is 5.91 Å². The standard InChI is InChI=1S/C26H26BrN5O4/c1-3-35-23-16-21(29-26(34)17-9-5-6-10-18(17)27)24(36-4-2)15-20(23)28-25(33)13-14-32-22-12-8-7-11-19(22)30-31-32/h5-12,15-16H,3-4,13-14H2,1-2H3,(H,28,33)(H,29,34). The van der Waals surface area contributed by atoms with Gasteiger partial charge >= 0.3 is 0 Å². The minimum absolute atomic E-state index is 0.184. The Morgan fingerprint density at radius 2 is 1.56 bits per heavy atom. The number of carbonyl (C=O) groups excluding carboxylic acids is 2. The lowest BCUT2D eigenvalue weighted by Gasteiger charge is -2.18. The third-order valence-corrected chi connectivity index (χ3v) is 5.98. The molecule has 0 saturated heterocycles. The zero-order chi connectivity index (χ0) is 25.5. The van der Waals surface area contributed by atoms with Gasteiger partial charge in [-0.1, -0.05) is 29.5 Å². The molecular weight excluding hydrogens is 526 g/mol. The van der Waals surface area contributed by atoms with Crippen LogP contribution in [0.3, 0.4) is 0 Å². The quantitative estimate of drug-likeness (QED) is 0.278. The fraction of sp³-hybridized carbons (Fsp3) is 0.231. The Balaban J connectivity index is 1.53. The van der Waals surface area contributed by atoms with Crippen molar-refractivity contribution in [3.8, 4) is 11.5 Å². The van der Waals surface area contributed by atoms with Crippen LogP contribution < -0.4 is 20.1 Å². The van der Waals surface area contributed by atoms with E-state index < -0.39 is 0 Å². The number of anilines is 2. The number of carbonyl (C=O) groups is 2. The number of para-hydroxylation sites is 1. The van der Waals surface area contributed by atoms with Crippen LogP contribution >= 0.6 is 15.9 Å². The van der Waals surface area contributed by atoms with E-state index >= 15 is 0 Å². The number of halogens is 1. The van der Waals surface area contributed by atoms with Crippen molar-refractivity contribution in [2.24, 2.45) is 0 Å². The Morgan fingerprint density at radius 1 is 0.917 bits per heavy atom. The van der Waals surface area contributed by atoms with Crippen molar-refractivity contribution in [2.45, 2.75) is 26.8 Å². The van der Waals surface area contributed by atoms with E-state index in [2.05, 4.69) is 36.9 Å². The molecule has 4 rings (SSSR count). The molecule has 4 aromatic rings. The Hall–Kier alpha value is -3.92. The SMILES string of the molecule is CCOc1cc(NC(=O)c2ccccc2Br)c(OCC)cc1NC(=O)CCn1nnc2ccccc21. The summed E-state index contributed by atoms with van der Waals surface area (Å²) in [7, 11) is 0. The smallest absolute Gasteiger partial charge is 0.256 e. The van der Waals surface area contributed by atoms with Gasteiger partial charge in [-0.2, -0.15) is 0 Å². The van der Waals surface area contributed by atoms with Gasteiger partial charge in [-0.25, -0.2) is 4.68 Å². The maximum atomic E-state index is 12.9. The third-order valence-electron chi connectivity index (χ3n) is 5.29. The Kier molecular flexibility index (Phi) is 8.17. The number of fused-ring (bicyclic) bond motifs is 1. The maximum Gasteiger partial charge on any atom is 0.256 e. The van der Waals surface area contributed by atoms with Crippen molar-refractivity contribution in [3.05, 3.63) is 70.7 Å². The van der Waals surface area contributed by atoms with Crippen LogP contribution in [0.2, 0.25) is 0 Å². The molecule has 2 amide bonds. The van der Waals surface area contributed by atoms with E-state index in [-0.39, 0.29) is 18.2 Å². The molecule has 2 N–H and O–H groups in total. The van der Waals surface area contributed by atoms with Gasteiger partial charge < -0.3 is 20.1 Å². The van der Waals surface area contributed by atoms with Crippen LogP contribution in [0.4, 0.5) is 11.4 Å². The molecule has 0 aliphatic carbocycles. The van der Waals surface area contributed by atoms with E-state index in [4.69, 9.17) is 9.47 Å². The van der Waals surface area contributed by atoms with Gasteiger partial charge in [-0.15, -0.1) is 5.10 Å². The molecule has 9 nitrogen and oxygen atoms in total. The van der Waals surface area contributed by atoms with Gasteiger partial charge in [0.2, 0.25) is 5.91 Å². The number of rotatable bonds is 10. The number of nitrogens with zero attached hydrogens (tertiary/aromatic N) is 3. The molecule has 0 fully saturated rings. The zero-order valence-corrected chi connectivity index (χ0v) is 21.5. The number of benzene rings is 3. The average molecular weight is 552 g/mol. The minimum Gasteiger partial charge on any atom is -0.492 e. The number of amides is 2. The molecule has 10 heteroatoms. The largest absolute Gasteiger partial charge is 0.492 e. The number of aromatic nitrogens is 3. The Labute approximate surface area is 216 Å². The van der Waals surface area contributed by atoms with Crippen LogP contribution in [0.1, 0.15) is 30.6 Å². The lowest BCUT2D eigenvalue weighted by atomic mass is 10.2. The van der Waals surface area contributed by atoms with Gasteiger partial charge in [-0.3, -0.25) is 9.59 Å². The highest BCUT2D eigenvalue weighted by molar-refractivity contribution is 9.10. The fourth-order valence-electron chi connectivity index (χ4n) is 3.64. The van der Waals surface area contributed by atoms with Crippen molar-refractivity contribution in [1.29, 1.82) is 0 Å². The normalized spacial score (nSPS) is 10.8. The molecule has 0 saturated carbocycles. The number of hydrogen-bond donors (Lipinski definition) is 2. The molecular formula is C26H26BrN5O4. The summed E-state index contributed by atoms with van der Waals surface area (Å²) in [5.41, 5.74) is 3.01. The predicted molar refractivity (Wildman–Crippen MR) is 142 cm³/mol. The second-order valence-corrected chi connectivity index (χ2v) is 8.60. The average Bonchev–Trinajstić information content (AvgIpc) is 3.29. The van der Waals surface area contributed by atoms with Gasteiger partial charge in [0.1, 0.15) is 17.0 Å². The highest BCUT2D eigenvalue weighted by atomic mass is 79.9. The summed E-state index contributed by atoms with van der Waals surface area (Å²) in [4.78, 5) is 25.7.